The van der Waals surface area contributed by atoms with Crippen molar-refractivity contribution in [2.24, 2.45) is 0 Å². The second-order valence-electron chi connectivity index (χ2n) is 6.62. The molecule has 2 rings (SSSR count). The maximum absolute atomic E-state index is 11.7. The molecule has 118 valence electrons. The van der Waals surface area contributed by atoms with E-state index < -0.39 is 5.60 Å². The molecular formula is C15H25N3O2S. The number of alkyl carbamates (subject to hydrolysis) is 1. The topological polar surface area (TPSA) is 63.2 Å². The van der Waals surface area contributed by atoms with Gasteiger partial charge in [-0.05, 0) is 47.0 Å². The molecule has 0 aliphatic heterocycles. The Morgan fingerprint density at radius 3 is 2.76 bits per heavy atom. The lowest BCUT2D eigenvalue weighted by Crippen LogP contribution is -2.38. The average molecular weight is 311 g/mol. The molecule has 1 fully saturated rings. The third-order valence-corrected chi connectivity index (χ3v) is 4.33. The summed E-state index contributed by atoms with van der Waals surface area (Å²) < 4.78 is 5.29. The molecule has 5 nitrogen and oxygen atoms in total. The van der Waals surface area contributed by atoms with Crippen LogP contribution in [0.15, 0.2) is 5.38 Å². The standard InChI is InChI=1S/C15H25N3O2S/c1-10-9-21-13(17-10)8-16-11-5-6-12(7-11)18-14(19)20-15(2,3)4/h9,11-12,16H,5-8H2,1-4H3,(H,18,19). The highest BCUT2D eigenvalue weighted by molar-refractivity contribution is 7.09. The van der Waals surface area contributed by atoms with E-state index in [9.17, 15) is 4.79 Å². The van der Waals surface area contributed by atoms with Crippen LogP contribution in [0.4, 0.5) is 4.79 Å². The van der Waals surface area contributed by atoms with E-state index in [0.717, 1.165) is 36.5 Å². The first kappa shape index (κ1) is 16.2. The first-order chi connectivity index (χ1) is 9.82. The maximum atomic E-state index is 11.7. The van der Waals surface area contributed by atoms with Gasteiger partial charge in [-0.3, -0.25) is 0 Å². The Bertz CT molecular complexity index is 482. The van der Waals surface area contributed by atoms with E-state index in [1.54, 1.807) is 11.3 Å². The lowest BCUT2D eigenvalue weighted by atomic mass is 10.2. The number of amides is 1. The fraction of sp³-hybridized carbons (Fsp3) is 0.733. The molecule has 0 bridgehead atoms. The van der Waals surface area contributed by atoms with Gasteiger partial charge in [0.2, 0.25) is 0 Å². The number of ether oxygens (including phenoxy) is 1. The van der Waals surface area contributed by atoms with Crippen LogP contribution in [0.25, 0.3) is 0 Å². The predicted molar refractivity (Wildman–Crippen MR) is 84.5 cm³/mol. The highest BCUT2D eigenvalue weighted by Crippen LogP contribution is 2.20. The van der Waals surface area contributed by atoms with E-state index in [1.165, 1.54) is 0 Å². The minimum absolute atomic E-state index is 0.204. The van der Waals surface area contributed by atoms with Gasteiger partial charge in [0, 0.05) is 29.7 Å². The number of thiazole rings is 1. The molecule has 1 aliphatic carbocycles. The molecule has 1 aromatic rings. The highest BCUT2D eigenvalue weighted by atomic mass is 32.1. The van der Waals surface area contributed by atoms with Crippen molar-refractivity contribution in [2.75, 3.05) is 0 Å². The summed E-state index contributed by atoms with van der Waals surface area (Å²) in [6.07, 6.45) is 2.70. The first-order valence-electron chi connectivity index (χ1n) is 7.46. The summed E-state index contributed by atoms with van der Waals surface area (Å²) in [5.74, 6) is 0. The van der Waals surface area contributed by atoms with E-state index >= 15 is 0 Å². The lowest BCUT2D eigenvalue weighted by molar-refractivity contribution is 0.0505. The summed E-state index contributed by atoms with van der Waals surface area (Å²) in [5.41, 5.74) is 0.635. The van der Waals surface area contributed by atoms with Crippen LogP contribution in [-0.4, -0.2) is 28.8 Å². The predicted octanol–water partition coefficient (Wildman–Crippen LogP) is 2.99. The Hall–Kier alpha value is -1.14. The quantitative estimate of drug-likeness (QED) is 0.897. The van der Waals surface area contributed by atoms with Crippen molar-refractivity contribution < 1.29 is 9.53 Å². The van der Waals surface area contributed by atoms with Gasteiger partial charge in [0.1, 0.15) is 10.6 Å². The van der Waals surface area contributed by atoms with Gasteiger partial charge in [-0.1, -0.05) is 0 Å². The van der Waals surface area contributed by atoms with Crippen molar-refractivity contribution in [3.63, 3.8) is 0 Å². The van der Waals surface area contributed by atoms with Crippen LogP contribution >= 0.6 is 11.3 Å². The summed E-state index contributed by atoms with van der Waals surface area (Å²) in [6.45, 7) is 8.45. The van der Waals surface area contributed by atoms with Gasteiger partial charge in [0.25, 0.3) is 0 Å². The minimum Gasteiger partial charge on any atom is -0.444 e. The van der Waals surface area contributed by atoms with Crippen molar-refractivity contribution in [1.82, 2.24) is 15.6 Å². The third-order valence-electron chi connectivity index (χ3n) is 3.36. The zero-order chi connectivity index (χ0) is 15.5. The summed E-state index contributed by atoms with van der Waals surface area (Å²) >= 11 is 1.69. The summed E-state index contributed by atoms with van der Waals surface area (Å²) in [4.78, 5) is 16.2. The number of hydrogen-bond acceptors (Lipinski definition) is 5. The van der Waals surface area contributed by atoms with E-state index in [1.807, 2.05) is 27.7 Å². The number of hydrogen-bond donors (Lipinski definition) is 2. The Morgan fingerprint density at radius 2 is 2.14 bits per heavy atom. The first-order valence-corrected chi connectivity index (χ1v) is 8.34. The Labute approximate surface area is 130 Å². The molecule has 1 aromatic heterocycles. The SMILES string of the molecule is Cc1csc(CNC2CCC(NC(=O)OC(C)(C)C)C2)n1. The van der Waals surface area contributed by atoms with Crippen LogP contribution in [-0.2, 0) is 11.3 Å². The van der Waals surface area contributed by atoms with Gasteiger partial charge in [0.15, 0.2) is 0 Å². The molecule has 0 spiro atoms. The Balaban J connectivity index is 1.70. The number of nitrogens with zero attached hydrogens (tertiary/aromatic N) is 1. The molecule has 0 saturated heterocycles. The van der Waals surface area contributed by atoms with Crippen LogP contribution in [0.2, 0.25) is 0 Å². The second kappa shape index (κ2) is 6.75. The number of rotatable bonds is 4. The molecule has 6 heteroatoms. The Morgan fingerprint density at radius 1 is 1.43 bits per heavy atom. The van der Waals surface area contributed by atoms with Gasteiger partial charge in [-0.15, -0.1) is 11.3 Å². The number of aromatic nitrogens is 1. The third kappa shape index (κ3) is 5.63. The molecule has 0 radical (unpaired) electrons. The molecule has 1 heterocycles. The van der Waals surface area contributed by atoms with E-state index in [4.69, 9.17) is 4.74 Å². The van der Waals surface area contributed by atoms with Crippen molar-refractivity contribution in [1.29, 1.82) is 0 Å². The molecule has 1 amide bonds. The molecule has 2 atom stereocenters. The van der Waals surface area contributed by atoms with Gasteiger partial charge in [-0.2, -0.15) is 0 Å². The smallest absolute Gasteiger partial charge is 0.407 e. The normalized spacial score (nSPS) is 22.3. The maximum Gasteiger partial charge on any atom is 0.407 e. The van der Waals surface area contributed by atoms with Crippen molar-refractivity contribution in [2.45, 2.75) is 71.2 Å². The molecular weight excluding hydrogens is 286 g/mol. The monoisotopic (exact) mass is 311 g/mol. The zero-order valence-electron chi connectivity index (χ0n) is 13.2. The fourth-order valence-corrected chi connectivity index (χ4v) is 3.21. The summed E-state index contributed by atoms with van der Waals surface area (Å²) in [5, 5.41) is 9.66. The van der Waals surface area contributed by atoms with Crippen LogP contribution in [0.3, 0.4) is 0 Å². The van der Waals surface area contributed by atoms with E-state index in [-0.39, 0.29) is 12.1 Å². The fourth-order valence-electron chi connectivity index (χ4n) is 2.49. The summed E-state index contributed by atoms with van der Waals surface area (Å²) in [6, 6.07) is 0.643. The van der Waals surface area contributed by atoms with Crippen LogP contribution in [0.1, 0.15) is 50.7 Å². The lowest BCUT2D eigenvalue weighted by Gasteiger charge is -2.21. The van der Waals surface area contributed by atoms with E-state index in [0.29, 0.717) is 6.04 Å². The molecule has 0 aromatic carbocycles. The van der Waals surface area contributed by atoms with E-state index in [2.05, 4.69) is 21.0 Å². The number of nitrogens with one attached hydrogen (secondary N) is 2. The zero-order valence-corrected chi connectivity index (χ0v) is 14.0. The van der Waals surface area contributed by atoms with Crippen molar-refractivity contribution >= 4 is 17.4 Å². The highest BCUT2D eigenvalue weighted by Gasteiger charge is 2.27. The molecule has 1 aliphatic rings. The largest absolute Gasteiger partial charge is 0.444 e. The van der Waals surface area contributed by atoms with Crippen molar-refractivity contribution in [3.05, 3.63) is 16.1 Å². The Kier molecular flexibility index (Phi) is 5.22. The molecule has 1 saturated carbocycles. The van der Waals surface area contributed by atoms with Crippen LogP contribution < -0.4 is 10.6 Å². The van der Waals surface area contributed by atoms with Gasteiger partial charge in [-0.25, -0.2) is 9.78 Å². The number of aryl methyl sites for hydroxylation is 1. The minimum atomic E-state index is -0.441. The van der Waals surface area contributed by atoms with Gasteiger partial charge >= 0.3 is 6.09 Å². The molecule has 2 N–H and O–H groups in total. The van der Waals surface area contributed by atoms with Gasteiger partial charge in [0.05, 0.1) is 0 Å². The second-order valence-corrected chi connectivity index (χ2v) is 7.56. The molecule has 21 heavy (non-hydrogen) atoms. The van der Waals surface area contributed by atoms with Crippen molar-refractivity contribution in [3.8, 4) is 0 Å². The van der Waals surface area contributed by atoms with Crippen LogP contribution in [0, 0.1) is 6.92 Å². The van der Waals surface area contributed by atoms with Crippen LogP contribution in [0.5, 0.6) is 0 Å². The molecule has 2 unspecified atom stereocenters. The average Bonchev–Trinajstić information content (AvgIpc) is 2.93. The van der Waals surface area contributed by atoms with Gasteiger partial charge < -0.3 is 15.4 Å². The summed E-state index contributed by atoms with van der Waals surface area (Å²) in [7, 11) is 0. The number of carbonyl (C=O) groups excluding carboxylic acids is 1. The number of carbonyl (C=O) groups is 1.